The molecular weight excluding hydrogens is 580 g/mol. The molecule has 1 aliphatic heterocycles. The highest BCUT2D eigenvalue weighted by atomic mass is 32.2. The van der Waals surface area contributed by atoms with Crippen molar-refractivity contribution < 1.29 is 17.7 Å². The molecule has 6 rings (SSSR count). The topological polar surface area (TPSA) is 88.0 Å². The number of para-hydroxylation sites is 2. The fourth-order valence-electron chi connectivity index (χ4n) is 6.36. The number of hydrogen-bond acceptors (Lipinski definition) is 5. The zero-order valence-corrected chi connectivity index (χ0v) is 26.9. The second-order valence-electron chi connectivity index (χ2n) is 11.5. The van der Waals surface area contributed by atoms with Crippen LogP contribution in [0, 0.1) is 6.92 Å². The first kappa shape index (κ1) is 30.6. The van der Waals surface area contributed by atoms with Crippen LogP contribution in [0.2, 0.25) is 0 Å². The number of anilines is 2. The number of allylic oxidation sites excluding steroid dienone is 1. The van der Waals surface area contributed by atoms with Gasteiger partial charge in [-0.1, -0.05) is 81.4 Å². The smallest absolute Gasteiger partial charge is 0.295 e. The lowest BCUT2D eigenvalue weighted by molar-refractivity contribution is 0.243. The fourth-order valence-corrected chi connectivity index (χ4v) is 7.06. The number of aliphatic imine (C=N–C) groups is 1. The summed E-state index contributed by atoms with van der Waals surface area (Å²) in [5.74, 6) is 0.640. The van der Waals surface area contributed by atoms with Crippen LogP contribution < -0.4 is 10.1 Å². The molecule has 1 heterocycles. The third-order valence-corrected chi connectivity index (χ3v) is 9.58. The van der Waals surface area contributed by atoms with E-state index in [-0.39, 0.29) is 4.90 Å². The number of hydrogen-bond donors (Lipinski definition) is 2. The maximum absolute atomic E-state index is 12.5. The highest BCUT2D eigenvalue weighted by Crippen LogP contribution is 2.45. The molecule has 6 nitrogen and oxygen atoms in total. The quantitative estimate of drug-likeness (QED) is 0.193. The van der Waals surface area contributed by atoms with Crippen molar-refractivity contribution in [2.24, 2.45) is 4.99 Å². The van der Waals surface area contributed by atoms with Gasteiger partial charge >= 0.3 is 0 Å². The van der Waals surface area contributed by atoms with Crippen molar-refractivity contribution in [3.63, 3.8) is 0 Å². The lowest BCUT2D eigenvalue weighted by Gasteiger charge is -2.33. The number of aryl methyl sites for hydroxylation is 4. The van der Waals surface area contributed by atoms with Crippen LogP contribution in [0.25, 0.3) is 5.57 Å². The lowest BCUT2D eigenvalue weighted by Crippen LogP contribution is -2.29. The average molecular weight is 619 g/mol. The van der Waals surface area contributed by atoms with Gasteiger partial charge < -0.3 is 10.1 Å². The molecule has 7 heteroatoms. The Morgan fingerprint density at radius 1 is 0.844 bits per heavy atom. The van der Waals surface area contributed by atoms with E-state index in [4.69, 9.17) is 9.73 Å². The Hall–Kier alpha value is -4.46. The Morgan fingerprint density at radius 3 is 2.24 bits per heavy atom. The van der Waals surface area contributed by atoms with Crippen LogP contribution in [-0.4, -0.2) is 24.8 Å². The normalized spacial score (nSPS) is 16.7. The zero-order valence-electron chi connectivity index (χ0n) is 26.1. The fraction of sp³-hybridized carbons (Fsp3) is 0.237. The van der Waals surface area contributed by atoms with Gasteiger partial charge in [-0.2, -0.15) is 8.42 Å². The molecule has 0 radical (unpaired) electrons. The number of fused-ring (bicyclic) bond motifs is 2. The minimum atomic E-state index is -4.49. The number of nitrogens with zero attached hydrogens (tertiary/aromatic N) is 1. The van der Waals surface area contributed by atoms with Crippen molar-refractivity contribution in [1.82, 2.24) is 0 Å². The van der Waals surface area contributed by atoms with Crippen LogP contribution in [0.15, 0.2) is 106 Å². The van der Waals surface area contributed by atoms with Gasteiger partial charge in [-0.25, -0.2) is 0 Å². The van der Waals surface area contributed by atoms with E-state index in [9.17, 15) is 13.0 Å². The van der Waals surface area contributed by atoms with Gasteiger partial charge in [0.15, 0.2) is 0 Å². The zero-order chi connectivity index (χ0) is 31.7. The van der Waals surface area contributed by atoms with Crippen molar-refractivity contribution in [2.45, 2.75) is 64.4 Å². The van der Waals surface area contributed by atoms with E-state index in [0.29, 0.717) is 17.7 Å². The van der Waals surface area contributed by atoms with Gasteiger partial charge in [0, 0.05) is 51.8 Å². The standard InChI is InChI=1S/C38H38N2O4S/c1-5-25-13-10-12-24(4)37(25)39-28-18-20-30-33(22-28)44-34-23-29(40-38-26(6-2)14-11-15-27(38)7-3)19-21-31(34)36(30)32-16-8-9-17-35(32)45(41,42)43/h8-21,23,33,40H,5-7,22H2,1-4H3,(H,41,42,43). The van der Waals surface area contributed by atoms with Crippen molar-refractivity contribution in [3.05, 3.63) is 130 Å². The summed E-state index contributed by atoms with van der Waals surface area (Å²) in [7, 11) is -4.49. The monoisotopic (exact) mass is 618 g/mol. The molecule has 0 bridgehead atoms. The van der Waals surface area contributed by atoms with Gasteiger partial charge in [0.2, 0.25) is 0 Å². The molecule has 0 spiro atoms. The summed E-state index contributed by atoms with van der Waals surface area (Å²) in [5, 5.41) is 3.65. The Kier molecular flexibility index (Phi) is 8.49. The number of benzene rings is 4. The number of rotatable bonds is 8. The molecule has 2 aliphatic rings. The van der Waals surface area contributed by atoms with Crippen LogP contribution in [0.3, 0.4) is 0 Å². The van der Waals surface area contributed by atoms with Gasteiger partial charge in [0.25, 0.3) is 10.1 Å². The second kappa shape index (κ2) is 12.5. The van der Waals surface area contributed by atoms with Crippen molar-refractivity contribution in [2.75, 3.05) is 5.32 Å². The van der Waals surface area contributed by atoms with Crippen molar-refractivity contribution >= 4 is 38.5 Å². The molecule has 1 unspecified atom stereocenters. The summed E-state index contributed by atoms with van der Waals surface area (Å²) >= 11 is 0. The molecule has 45 heavy (non-hydrogen) atoms. The number of nitrogens with one attached hydrogen (secondary N) is 1. The first-order valence-electron chi connectivity index (χ1n) is 15.6. The van der Waals surface area contributed by atoms with E-state index in [1.807, 2.05) is 30.4 Å². The Morgan fingerprint density at radius 2 is 1.53 bits per heavy atom. The van der Waals surface area contributed by atoms with Crippen molar-refractivity contribution in [3.8, 4) is 5.75 Å². The molecule has 0 amide bonds. The van der Waals surface area contributed by atoms with E-state index in [0.717, 1.165) is 64.3 Å². The molecule has 0 saturated carbocycles. The summed E-state index contributed by atoms with van der Waals surface area (Å²) in [5.41, 5.74) is 11.4. The van der Waals surface area contributed by atoms with Crippen molar-refractivity contribution in [1.29, 1.82) is 0 Å². The minimum Gasteiger partial charge on any atom is -0.485 e. The Labute approximate surface area is 266 Å². The second-order valence-corrected chi connectivity index (χ2v) is 12.9. The first-order valence-corrected chi connectivity index (χ1v) is 17.0. The van der Waals surface area contributed by atoms with Crippen LogP contribution in [0.4, 0.5) is 17.1 Å². The van der Waals surface area contributed by atoms with E-state index < -0.39 is 16.2 Å². The molecule has 4 aromatic carbocycles. The molecule has 2 N–H and O–H groups in total. The van der Waals surface area contributed by atoms with Gasteiger partial charge in [-0.15, -0.1) is 0 Å². The first-order chi connectivity index (χ1) is 21.7. The Balaban J connectivity index is 1.50. The molecule has 0 aromatic heterocycles. The molecule has 230 valence electrons. The third kappa shape index (κ3) is 5.98. The predicted octanol–water partition coefficient (Wildman–Crippen LogP) is 8.97. The minimum absolute atomic E-state index is 0.133. The molecular formula is C38H38N2O4S. The van der Waals surface area contributed by atoms with Gasteiger partial charge in [-0.05, 0) is 72.7 Å². The molecule has 0 saturated heterocycles. The van der Waals surface area contributed by atoms with E-state index in [1.165, 1.54) is 22.8 Å². The number of ether oxygens (including phenoxy) is 1. The summed E-state index contributed by atoms with van der Waals surface area (Å²) in [6.45, 7) is 8.50. The average Bonchev–Trinajstić information content (AvgIpc) is 3.04. The van der Waals surface area contributed by atoms with Crippen LogP contribution >= 0.6 is 0 Å². The molecule has 1 aliphatic carbocycles. The van der Waals surface area contributed by atoms with Gasteiger partial charge in [-0.3, -0.25) is 9.55 Å². The highest BCUT2D eigenvalue weighted by Gasteiger charge is 2.33. The predicted molar refractivity (Wildman–Crippen MR) is 183 cm³/mol. The van der Waals surface area contributed by atoms with Gasteiger partial charge in [0.1, 0.15) is 16.7 Å². The maximum Gasteiger partial charge on any atom is 0.295 e. The lowest BCUT2D eigenvalue weighted by atomic mass is 9.83. The van der Waals surface area contributed by atoms with E-state index in [2.05, 4.69) is 69.4 Å². The summed E-state index contributed by atoms with van der Waals surface area (Å²) in [6.07, 6.45) is 6.76. The van der Waals surface area contributed by atoms with Crippen LogP contribution in [0.1, 0.15) is 60.6 Å². The Bertz CT molecular complexity index is 1970. The third-order valence-electron chi connectivity index (χ3n) is 8.67. The van der Waals surface area contributed by atoms with E-state index >= 15 is 0 Å². The maximum atomic E-state index is 12.5. The summed E-state index contributed by atoms with van der Waals surface area (Å²) in [6, 6.07) is 25.2. The van der Waals surface area contributed by atoms with E-state index in [1.54, 1.807) is 18.2 Å². The molecule has 4 aromatic rings. The van der Waals surface area contributed by atoms with Crippen LogP contribution in [0.5, 0.6) is 5.75 Å². The van der Waals surface area contributed by atoms with Gasteiger partial charge in [0.05, 0.1) is 5.69 Å². The summed E-state index contributed by atoms with van der Waals surface area (Å²) in [4.78, 5) is 4.95. The summed E-state index contributed by atoms with van der Waals surface area (Å²) < 4.78 is 42.0. The van der Waals surface area contributed by atoms with Crippen LogP contribution in [-0.2, 0) is 29.4 Å². The molecule has 0 fully saturated rings. The highest BCUT2D eigenvalue weighted by molar-refractivity contribution is 7.86. The largest absolute Gasteiger partial charge is 0.485 e. The SMILES string of the molecule is CCc1cccc(C)c1N=C1C=CC2=C(c3ccccc3S(=O)(=O)O)c3ccc(Nc4c(CC)cccc4CC)cc3OC2C1. The molecule has 1 atom stereocenters.